The smallest absolute Gasteiger partial charge is 0.310 e. The van der Waals surface area contributed by atoms with E-state index in [2.05, 4.69) is 15.9 Å². The van der Waals surface area contributed by atoms with Gasteiger partial charge in [0, 0.05) is 23.1 Å². The van der Waals surface area contributed by atoms with E-state index in [1.165, 1.54) is 7.11 Å². The van der Waals surface area contributed by atoms with Gasteiger partial charge in [-0.25, -0.2) is 0 Å². The molecule has 0 saturated carbocycles. The average molecular weight is 388 g/mol. The summed E-state index contributed by atoms with van der Waals surface area (Å²) < 4.78 is 10.7. The van der Waals surface area contributed by atoms with Crippen molar-refractivity contribution < 1.29 is 24.2 Å². The minimum atomic E-state index is -0.436. The van der Waals surface area contributed by atoms with Gasteiger partial charge in [0.25, 0.3) is 5.91 Å². The van der Waals surface area contributed by atoms with E-state index in [4.69, 9.17) is 14.6 Å². The van der Waals surface area contributed by atoms with Crippen molar-refractivity contribution in [3.63, 3.8) is 0 Å². The van der Waals surface area contributed by atoms with Gasteiger partial charge in [0.1, 0.15) is 0 Å². The van der Waals surface area contributed by atoms with Gasteiger partial charge in [-0.05, 0) is 18.2 Å². The van der Waals surface area contributed by atoms with E-state index in [-0.39, 0.29) is 38.2 Å². The largest absolute Gasteiger partial charge is 0.469 e. The van der Waals surface area contributed by atoms with Crippen molar-refractivity contribution in [3.05, 3.63) is 34.3 Å². The van der Waals surface area contributed by atoms with Crippen molar-refractivity contribution in [1.29, 1.82) is 0 Å². The molecule has 0 fully saturated rings. The van der Waals surface area contributed by atoms with Crippen LogP contribution in [0, 0.1) is 5.92 Å². The van der Waals surface area contributed by atoms with Gasteiger partial charge in [-0.3, -0.25) is 9.59 Å². The van der Waals surface area contributed by atoms with E-state index in [0.717, 1.165) is 4.47 Å². The lowest BCUT2D eigenvalue weighted by atomic mass is 10.1. The first-order valence-electron chi connectivity index (χ1n) is 7.30. The number of aliphatic hydroxyl groups is 1. The Kier molecular flexibility index (Phi) is 8.83. The topological polar surface area (TPSA) is 76.1 Å². The number of ether oxygens (including phenoxy) is 2. The molecule has 1 aromatic rings. The van der Waals surface area contributed by atoms with Crippen LogP contribution >= 0.6 is 15.9 Å². The fourth-order valence-corrected chi connectivity index (χ4v) is 2.43. The minimum absolute atomic E-state index is 0.0713. The van der Waals surface area contributed by atoms with Gasteiger partial charge in [0.2, 0.25) is 0 Å². The molecule has 0 aliphatic rings. The van der Waals surface area contributed by atoms with Crippen molar-refractivity contribution in [1.82, 2.24) is 4.90 Å². The Hall–Kier alpha value is -1.44. The summed E-state index contributed by atoms with van der Waals surface area (Å²) in [4.78, 5) is 25.8. The van der Waals surface area contributed by atoms with Crippen molar-refractivity contribution in [2.24, 2.45) is 5.92 Å². The van der Waals surface area contributed by atoms with Crippen LogP contribution in [0.25, 0.3) is 0 Å². The van der Waals surface area contributed by atoms with Crippen LogP contribution < -0.4 is 0 Å². The number of hydrogen-bond acceptors (Lipinski definition) is 5. The normalized spacial score (nSPS) is 11.8. The van der Waals surface area contributed by atoms with Crippen LogP contribution in [0.2, 0.25) is 0 Å². The molecule has 23 heavy (non-hydrogen) atoms. The Labute approximate surface area is 144 Å². The van der Waals surface area contributed by atoms with E-state index in [9.17, 15) is 9.59 Å². The first kappa shape index (κ1) is 19.6. The second-order valence-corrected chi connectivity index (χ2v) is 5.94. The monoisotopic (exact) mass is 387 g/mol. The first-order valence-corrected chi connectivity index (χ1v) is 8.10. The highest BCUT2D eigenvalue weighted by atomic mass is 79.9. The Bertz CT molecular complexity index is 523. The molecule has 0 saturated heterocycles. The van der Waals surface area contributed by atoms with Crippen molar-refractivity contribution in [2.45, 2.75) is 6.92 Å². The molecule has 0 heterocycles. The Morgan fingerprint density at radius 1 is 1.35 bits per heavy atom. The summed E-state index contributed by atoms with van der Waals surface area (Å²) in [6, 6.07) is 7.06. The number of carbonyl (C=O) groups excluding carboxylic acids is 2. The second-order valence-electron chi connectivity index (χ2n) is 5.02. The summed E-state index contributed by atoms with van der Waals surface area (Å²) in [6.07, 6.45) is 0. The van der Waals surface area contributed by atoms with E-state index in [0.29, 0.717) is 12.1 Å². The third-order valence-corrected chi connectivity index (χ3v) is 3.69. The van der Waals surface area contributed by atoms with Crippen LogP contribution in [-0.4, -0.2) is 61.9 Å². The van der Waals surface area contributed by atoms with Crippen LogP contribution in [0.4, 0.5) is 0 Å². The van der Waals surface area contributed by atoms with Crippen LogP contribution in [0.5, 0.6) is 0 Å². The molecule has 0 aliphatic heterocycles. The maximum atomic E-state index is 12.7. The molecular weight excluding hydrogens is 366 g/mol. The molecule has 0 bridgehead atoms. The molecule has 0 aromatic heterocycles. The molecule has 0 spiro atoms. The van der Waals surface area contributed by atoms with Crippen molar-refractivity contribution in [3.8, 4) is 0 Å². The summed E-state index contributed by atoms with van der Waals surface area (Å²) in [7, 11) is 1.32. The third-order valence-electron chi connectivity index (χ3n) is 3.20. The fraction of sp³-hybridized carbons (Fsp3) is 0.500. The summed E-state index contributed by atoms with van der Waals surface area (Å²) in [5.74, 6) is -0.989. The van der Waals surface area contributed by atoms with E-state index < -0.39 is 5.92 Å². The molecule has 0 aliphatic carbocycles. The number of amides is 1. The molecule has 0 radical (unpaired) electrons. The number of rotatable bonds is 9. The molecule has 6 nitrogen and oxygen atoms in total. The number of carbonyl (C=O) groups is 2. The maximum absolute atomic E-state index is 12.7. The van der Waals surface area contributed by atoms with Gasteiger partial charge in [-0.15, -0.1) is 0 Å². The highest BCUT2D eigenvalue weighted by Gasteiger charge is 2.22. The highest BCUT2D eigenvalue weighted by molar-refractivity contribution is 9.10. The maximum Gasteiger partial charge on any atom is 0.310 e. The number of benzene rings is 1. The van der Waals surface area contributed by atoms with Gasteiger partial charge in [0.15, 0.2) is 0 Å². The molecule has 1 rings (SSSR count). The summed E-state index contributed by atoms with van der Waals surface area (Å²) >= 11 is 3.34. The van der Waals surface area contributed by atoms with E-state index in [1.54, 1.807) is 30.0 Å². The first-order chi connectivity index (χ1) is 11.0. The number of aliphatic hydroxyl groups excluding tert-OH is 1. The molecule has 1 N–H and O–H groups in total. The zero-order chi connectivity index (χ0) is 17.2. The lowest BCUT2D eigenvalue weighted by molar-refractivity contribution is -0.145. The molecular formula is C16H22BrNO5. The molecule has 128 valence electrons. The third kappa shape index (κ3) is 6.68. The van der Waals surface area contributed by atoms with Gasteiger partial charge in [-0.1, -0.05) is 28.9 Å². The number of esters is 1. The predicted molar refractivity (Wildman–Crippen MR) is 89.1 cm³/mol. The fourth-order valence-electron chi connectivity index (χ4n) is 2.03. The standard InChI is InChI=1S/C16H22BrNO5/c1-12(16(21)22-2)11-18(6-8-23-9-7-19)15(20)13-4-3-5-14(17)10-13/h3-5,10,12,19H,6-9,11H2,1-2H3. The zero-order valence-corrected chi connectivity index (χ0v) is 14.9. The van der Waals surface area contributed by atoms with Gasteiger partial charge >= 0.3 is 5.97 Å². The summed E-state index contributed by atoms with van der Waals surface area (Å²) in [5, 5.41) is 8.73. The second kappa shape index (κ2) is 10.4. The average Bonchev–Trinajstić information content (AvgIpc) is 2.56. The van der Waals surface area contributed by atoms with E-state index >= 15 is 0 Å². The molecule has 1 unspecified atom stereocenters. The van der Waals surface area contributed by atoms with Gasteiger partial charge < -0.3 is 19.5 Å². The number of halogens is 1. The lowest BCUT2D eigenvalue weighted by Crippen LogP contribution is -2.39. The minimum Gasteiger partial charge on any atom is -0.469 e. The van der Waals surface area contributed by atoms with Crippen molar-refractivity contribution >= 4 is 27.8 Å². The molecule has 7 heteroatoms. The molecule has 1 amide bonds. The van der Waals surface area contributed by atoms with Gasteiger partial charge in [-0.2, -0.15) is 0 Å². The SMILES string of the molecule is COC(=O)C(C)CN(CCOCCO)C(=O)c1cccc(Br)c1. The summed E-state index contributed by atoms with van der Waals surface area (Å²) in [5.41, 5.74) is 0.526. The lowest BCUT2D eigenvalue weighted by Gasteiger charge is -2.25. The number of hydrogen-bond donors (Lipinski definition) is 1. The Morgan fingerprint density at radius 3 is 2.70 bits per heavy atom. The summed E-state index contributed by atoms with van der Waals surface area (Å²) in [6.45, 7) is 2.70. The van der Waals surface area contributed by atoms with Crippen LogP contribution in [0.1, 0.15) is 17.3 Å². The Morgan fingerprint density at radius 2 is 2.09 bits per heavy atom. The molecule has 1 atom stereocenters. The highest BCUT2D eigenvalue weighted by Crippen LogP contribution is 2.14. The van der Waals surface area contributed by atoms with Gasteiger partial charge in [0.05, 0.1) is 32.8 Å². The van der Waals surface area contributed by atoms with E-state index in [1.807, 2.05) is 6.07 Å². The zero-order valence-electron chi connectivity index (χ0n) is 13.3. The number of nitrogens with zero attached hydrogens (tertiary/aromatic N) is 1. The van der Waals surface area contributed by atoms with Crippen molar-refractivity contribution in [2.75, 3.05) is 40.0 Å². The van der Waals surface area contributed by atoms with Crippen LogP contribution in [0.3, 0.4) is 0 Å². The predicted octanol–water partition coefficient (Wildman–Crippen LogP) is 1.71. The number of methoxy groups -OCH3 is 1. The van der Waals surface area contributed by atoms with Crippen LogP contribution in [0.15, 0.2) is 28.7 Å². The van der Waals surface area contributed by atoms with Crippen LogP contribution in [-0.2, 0) is 14.3 Å². The molecule has 1 aromatic carbocycles. The Balaban J connectivity index is 2.80. The quantitative estimate of drug-likeness (QED) is 0.515.